The summed E-state index contributed by atoms with van der Waals surface area (Å²) >= 11 is 0. The van der Waals surface area contributed by atoms with Crippen molar-refractivity contribution in [1.29, 1.82) is 0 Å². The minimum atomic E-state index is -2.14. The van der Waals surface area contributed by atoms with Crippen LogP contribution in [0.2, 0.25) is 18.1 Å². The lowest BCUT2D eigenvalue weighted by molar-refractivity contribution is -0.127. The standard InChI is InChI=1S/C19H34N2O4Si/c1-14-9-10-17(20-11-14)21-18(22)16(13-24-15(2)12-23-6)25-26(7,8)19(3,4)5/h9-11,15-16H,12-13H2,1-8H3,(H,20,21,22)/t15-,16-/m0/s1. The van der Waals surface area contributed by atoms with E-state index in [1.165, 1.54) is 0 Å². The molecule has 7 heteroatoms. The number of methoxy groups -OCH3 is 1. The maximum atomic E-state index is 12.8. The molecule has 1 aromatic heterocycles. The number of carbonyl (C=O) groups is 1. The zero-order valence-electron chi connectivity index (χ0n) is 17.4. The molecule has 0 fully saturated rings. The Balaban J connectivity index is 2.87. The number of pyridine rings is 1. The van der Waals surface area contributed by atoms with Crippen molar-refractivity contribution in [2.75, 3.05) is 25.6 Å². The first kappa shape index (κ1) is 22.8. The summed E-state index contributed by atoms with van der Waals surface area (Å²) in [4.78, 5) is 17.0. The van der Waals surface area contributed by atoms with E-state index in [-0.39, 0.29) is 23.7 Å². The largest absolute Gasteiger partial charge is 0.403 e. The average molecular weight is 383 g/mol. The molecule has 1 heterocycles. The highest BCUT2D eigenvalue weighted by Gasteiger charge is 2.41. The third-order valence-electron chi connectivity index (χ3n) is 4.63. The SMILES string of the molecule is COC[C@H](C)OC[C@H](O[Si](C)(C)C(C)(C)C)C(=O)Nc1ccc(C)cn1. The van der Waals surface area contributed by atoms with Gasteiger partial charge < -0.3 is 19.2 Å². The molecule has 1 amide bonds. The van der Waals surface area contributed by atoms with Gasteiger partial charge in [0.2, 0.25) is 0 Å². The fourth-order valence-corrected chi connectivity index (χ4v) is 3.22. The van der Waals surface area contributed by atoms with Gasteiger partial charge in [-0.05, 0) is 43.6 Å². The maximum Gasteiger partial charge on any atom is 0.255 e. The molecule has 0 aliphatic rings. The summed E-state index contributed by atoms with van der Waals surface area (Å²) in [5, 5.41) is 2.83. The molecule has 0 bridgehead atoms. The summed E-state index contributed by atoms with van der Waals surface area (Å²) in [7, 11) is -0.516. The minimum absolute atomic E-state index is 0.00815. The highest BCUT2D eigenvalue weighted by Crippen LogP contribution is 2.37. The molecule has 0 spiro atoms. The van der Waals surface area contributed by atoms with Crippen molar-refractivity contribution in [3.63, 3.8) is 0 Å². The molecule has 0 aromatic carbocycles. The molecule has 0 saturated heterocycles. The molecule has 0 aliphatic heterocycles. The van der Waals surface area contributed by atoms with Crippen molar-refractivity contribution < 1.29 is 18.7 Å². The Hall–Kier alpha value is -1.28. The number of aromatic nitrogens is 1. The molecule has 6 nitrogen and oxygen atoms in total. The van der Waals surface area contributed by atoms with Gasteiger partial charge in [-0.15, -0.1) is 0 Å². The molecular formula is C19H34N2O4Si. The van der Waals surface area contributed by atoms with Gasteiger partial charge in [-0.25, -0.2) is 4.98 Å². The third-order valence-corrected chi connectivity index (χ3v) is 9.12. The Morgan fingerprint density at radius 3 is 2.42 bits per heavy atom. The predicted octanol–water partition coefficient (Wildman–Crippen LogP) is 3.77. The summed E-state index contributed by atoms with van der Waals surface area (Å²) in [6, 6.07) is 3.69. The van der Waals surface area contributed by atoms with Crippen LogP contribution in [0.3, 0.4) is 0 Å². The minimum Gasteiger partial charge on any atom is -0.403 e. The molecule has 2 atom stereocenters. The van der Waals surface area contributed by atoms with E-state index in [0.29, 0.717) is 12.4 Å². The number of carbonyl (C=O) groups excluding carboxylic acids is 1. The number of rotatable bonds is 9. The highest BCUT2D eigenvalue weighted by molar-refractivity contribution is 6.74. The van der Waals surface area contributed by atoms with Gasteiger partial charge in [0.15, 0.2) is 8.32 Å². The first-order valence-electron chi connectivity index (χ1n) is 8.98. The van der Waals surface area contributed by atoms with Crippen molar-refractivity contribution >= 4 is 20.0 Å². The van der Waals surface area contributed by atoms with Crippen LogP contribution in [0.25, 0.3) is 0 Å². The Bertz CT molecular complexity index is 570. The molecule has 0 aliphatic carbocycles. The van der Waals surface area contributed by atoms with Crippen LogP contribution in [-0.2, 0) is 18.7 Å². The average Bonchev–Trinajstić information content (AvgIpc) is 2.52. The molecule has 0 saturated carbocycles. The number of hydrogen-bond donors (Lipinski definition) is 1. The Morgan fingerprint density at radius 2 is 1.92 bits per heavy atom. The van der Waals surface area contributed by atoms with Gasteiger partial charge >= 0.3 is 0 Å². The summed E-state index contributed by atoms with van der Waals surface area (Å²) in [6.07, 6.45) is 0.908. The van der Waals surface area contributed by atoms with Crippen LogP contribution in [-0.4, -0.2) is 51.7 Å². The second-order valence-electron chi connectivity index (χ2n) is 8.18. The van der Waals surface area contributed by atoms with E-state index in [1.54, 1.807) is 19.4 Å². The van der Waals surface area contributed by atoms with Crippen molar-refractivity contribution in [2.45, 2.75) is 65.0 Å². The Kier molecular flexibility index (Phi) is 8.40. The number of hydrogen-bond acceptors (Lipinski definition) is 5. The zero-order valence-corrected chi connectivity index (χ0v) is 18.4. The molecular weight excluding hydrogens is 348 g/mol. The lowest BCUT2D eigenvalue weighted by Crippen LogP contribution is -2.49. The second-order valence-corrected chi connectivity index (χ2v) is 12.9. The fourth-order valence-electron chi connectivity index (χ4n) is 1.98. The Morgan fingerprint density at radius 1 is 1.27 bits per heavy atom. The summed E-state index contributed by atoms with van der Waals surface area (Å²) < 4.78 is 17.2. The normalized spacial score (nSPS) is 14.8. The second kappa shape index (κ2) is 9.59. The van der Waals surface area contributed by atoms with E-state index >= 15 is 0 Å². The summed E-state index contributed by atoms with van der Waals surface area (Å²) in [5.41, 5.74) is 1.04. The fraction of sp³-hybridized carbons (Fsp3) is 0.684. The van der Waals surface area contributed by atoms with E-state index in [9.17, 15) is 4.79 Å². The topological polar surface area (TPSA) is 69.7 Å². The summed E-state index contributed by atoms with van der Waals surface area (Å²) in [6.45, 7) is 15.2. The van der Waals surface area contributed by atoms with E-state index in [4.69, 9.17) is 13.9 Å². The van der Waals surface area contributed by atoms with Gasteiger partial charge in [0.1, 0.15) is 11.9 Å². The van der Waals surface area contributed by atoms with Crippen LogP contribution in [0.15, 0.2) is 18.3 Å². The van der Waals surface area contributed by atoms with Crippen molar-refractivity contribution in [3.8, 4) is 0 Å². The number of nitrogens with zero attached hydrogens (tertiary/aromatic N) is 1. The van der Waals surface area contributed by atoms with Crippen molar-refractivity contribution in [1.82, 2.24) is 4.98 Å². The quantitative estimate of drug-likeness (QED) is 0.658. The number of nitrogens with one attached hydrogen (secondary N) is 1. The van der Waals surface area contributed by atoms with E-state index < -0.39 is 14.4 Å². The van der Waals surface area contributed by atoms with Crippen LogP contribution in [0, 0.1) is 6.92 Å². The van der Waals surface area contributed by atoms with Gasteiger partial charge in [0, 0.05) is 13.3 Å². The summed E-state index contributed by atoms with van der Waals surface area (Å²) in [5.74, 6) is 0.269. The van der Waals surface area contributed by atoms with Crippen LogP contribution in [0.4, 0.5) is 5.82 Å². The third kappa shape index (κ3) is 7.15. The van der Waals surface area contributed by atoms with Crippen molar-refractivity contribution in [3.05, 3.63) is 23.9 Å². The Labute approximate surface area is 158 Å². The molecule has 1 aromatic rings. The van der Waals surface area contributed by atoms with Gasteiger partial charge in [-0.1, -0.05) is 26.8 Å². The van der Waals surface area contributed by atoms with Gasteiger partial charge in [0.25, 0.3) is 5.91 Å². The van der Waals surface area contributed by atoms with E-state index in [1.807, 2.05) is 19.9 Å². The lowest BCUT2D eigenvalue weighted by atomic mass is 10.2. The molecule has 1 N–H and O–H groups in total. The maximum absolute atomic E-state index is 12.8. The lowest BCUT2D eigenvalue weighted by Gasteiger charge is -2.38. The van der Waals surface area contributed by atoms with E-state index in [2.05, 4.69) is 44.2 Å². The highest BCUT2D eigenvalue weighted by atomic mass is 28.4. The molecule has 1 rings (SSSR count). The van der Waals surface area contributed by atoms with Gasteiger partial charge in [-0.2, -0.15) is 0 Å². The number of aryl methyl sites for hydroxylation is 1. The van der Waals surface area contributed by atoms with Crippen LogP contribution in [0.1, 0.15) is 33.3 Å². The van der Waals surface area contributed by atoms with Crippen molar-refractivity contribution in [2.24, 2.45) is 0 Å². The number of ether oxygens (including phenoxy) is 2. The molecule has 0 radical (unpaired) electrons. The molecule has 0 unspecified atom stereocenters. The van der Waals surface area contributed by atoms with Crippen LogP contribution >= 0.6 is 0 Å². The smallest absolute Gasteiger partial charge is 0.255 e. The number of anilines is 1. The predicted molar refractivity (Wildman–Crippen MR) is 107 cm³/mol. The molecule has 26 heavy (non-hydrogen) atoms. The molecule has 148 valence electrons. The first-order valence-corrected chi connectivity index (χ1v) is 11.9. The van der Waals surface area contributed by atoms with Gasteiger partial charge in [-0.3, -0.25) is 4.79 Å². The van der Waals surface area contributed by atoms with Gasteiger partial charge in [0.05, 0.1) is 19.3 Å². The van der Waals surface area contributed by atoms with Crippen LogP contribution < -0.4 is 5.32 Å². The number of amides is 1. The zero-order chi connectivity index (χ0) is 20.0. The van der Waals surface area contributed by atoms with E-state index in [0.717, 1.165) is 5.56 Å². The first-order chi connectivity index (χ1) is 12.0. The monoisotopic (exact) mass is 382 g/mol. The van der Waals surface area contributed by atoms with Crippen LogP contribution in [0.5, 0.6) is 0 Å².